The van der Waals surface area contributed by atoms with Crippen molar-refractivity contribution in [1.29, 1.82) is 0 Å². The summed E-state index contributed by atoms with van der Waals surface area (Å²) in [7, 11) is 0. The molecule has 52 heavy (non-hydrogen) atoms. The summed E-state index contributed by atoms with van der Waals surface area (Å²) < 4.78 is 11.2. The number of hydrogen-bond acceptors (Lipinski definition) is 8. The van der Waals surface area contributed by atoms with Crippen LogP contribution in [0.3, 0.4) is 0 Å². The van der Waals surface area contributed by atoms with Crippen molar-refractivity contribution in [2.45, 2.75) is 256 Å². The van der Waals surface area contributed by atoms with Crippen LogP contribution in [0.4, 0.5) is 0 Å². The maximum atomic E-state index is 12.7. The van der Waals surface area contributed by atoms with Gasteiger partial charge in [-0.05, 0) is 12.8 Å². The Bertz CT molecular complexity index is 786. The van der Waals surface area contributed by atoms with Gasteiger partial charge in [-0.25, -0.2) is 0 Å². The second-order valence-electron chi connectivity index (χ2n) is 15.9. The van der Waals surface area contributed by atoms with E-state index < -0.39 is 49.5 Å². The minimum atomic E-state index is -1.55. The molecule has 9 nitrogen and oxygen atoms in total. The van der Waals surface area contributed by atoms with Crippen LogP contribution < -0.4 is 5.32 Å². The van der Waals surface area contributed by atoms with Crippen LogP contribution in [-0.2, 0) is 14.3 Å². The molecule has 0 aromatic carbocycles. The summed E-state index contributed by atoms with van der Waals surface area (Å²) in [5.74, 6) is -0.155. The molecule has 9 heteroatoms. The lowest BCUT2D eigenvalue weighted by atomic mass is 9.99. The SMILES string of the molecule is CCCCCCCCCCCCCCCCCCCCCCCCCCC(O)C(COC1OC(CO)C(O)C(O)C1O)NC(=O)CCCCCCC. The van der Waals surface area contributed by atoms with Crippen LogP contribution in [0.5, 0.6) is 0 Å². The highest BCUT2D eigenvalue weighted by molar-refractivity contribution is 5.76. The first-order chi connectivity index (χ1) is 25.3. The van der Waals surface area contributed by atoms with Gasteiger partial charge in [-0.15, -0.1) is 0 Å². The van der Waals surface area contributed by atoms with E-state index in [9.17, 15) is 30.3 Å². The highest BCUT2D eigenvalue weighted by Gasteiger charge is 2.44. The molecule has 0 aromatic heterocycles. The number of amides is 1. The zero-order valence-corrected chi connectivity index (χ0v) is 33.8. The van der Waals surface area contributed by atoms with E-state index in [1.807, 2.05) is 0 Å². The molecule has 0 aliphatic carbocycles. The molecule has 310 valence electrons. The third-order valence-corrected chi connectivity index (χ3v) is 11.0. The number of ether oxygens (including phenoxy) is 2. The molecule has 0 radical (unpaired) electrons. The predicted molar refractivity (Wildman–Crippen MR) is 212 cm³/mol. The average Bonchev–Trinajstić information content (AvgIpc) is 3.14. The van der Waals surface area contributed by atoms with Gasteiger partial charge in [0.15, 0.2) is 6.29 Å². The molecule has 0 spiro atoms. The number of carbonyl (C=O) groups is 1. The lowest BCUT2D eigenvalue weighted by Crippen LogP contribution is -2.60. The van der Waals surface area contributed by atoms with E-state index in [0.29, 0.717) is 12.8 Å². The number of aliphatic hydroxyl groups excluding tert-OH is 5. The van der Waals surface area contributed by atoms with Crippen LogP contribution in [0.15, 0.2) is 0 Å². The normalized spacial score (nSPS) is 21.7. The highest BCUT2D eigenvalue weighted by atomic mass is 16.7. The Morgan fingerprint density at radius 2 is 0.962 bits per heavy atom. The van der Waals surface area contributed by atoms with Gasteiger partial charge in [-0.2, -0.15) is 0 Å². The fraction of sp³-hybridized carbons (Fsp3) is 0.977. The lowest BCUT2D eigenvalue weighted by Gasteiger charge is -2.40. The summed E-state index contributed by atoms with van der Waals surface area (Å²) >= 11 is 0. The monoisotopic (exact) mass is 744 g/mol. The Morgan fingerprint density at radius 3 is 1.37 bits per heavy atom. The number of nitrogens with one attached hydrogen (secondary N) is 1. The van der Waals surface area contributed by atoms with Gasteiger partial charge >= 0.3 is 0 Å². The Kier molecular flexibility index (Phi) is 32.8. The molecule has 0 bridgehead atoms. The molecule has 1 aliphatic heterocycles. The van der Waals surface area contributed by atoms with E-state index in [2.05, 4.69) is 19.2 Å². The summed E-state index contributed by atoms with van der Waals surface area (Å²) in [5, 5.41) is 53.9. The van der Waals surface area contributed by atoms with E-state index in [1.165, 1.54) is 135 Å². The molecule has 7 unspecified atom stereocenters. The summed E-state index contributed by atoms with van der Waals surface area (Å²) in [6, 6.07) is -0.708. The minimum Gasteiger partial charge on any atom is -0.394 e. The van der Waals surface area contributed by atoms with Crippen LogP contribution in [0, 0.1) is 0 Å². The van der Waals surface area contributed by atoms with Gasteiger partial charge < -0.3 is 40.3 Å². The molecule has 0 saturated carbocycles. The van der Waals surface area contributed by atoms with Gasteiger partial charge in [0.2, 0.25) is 5.91 Å². The molecule has 1 aliphatic rings. The van der Waals surface area contributed by atoms with Crippen molar-refractivity contribution < 1.29 is 39.8 Å². The predicted octanol–water partition coefficient (Wildman–Crippen LogP) is 8.78. The van der Waals surface area contributed by atoms with Crippen LogP contribution >= 0.6 is 0 Å². The Morgan fingerprint density at radius 1 is 0.577 bits per heavy atom. The van der Waals surface area contributed by atoms with Crippen molar-refractivity contribution in [3.05, 3.63) is 0 Å². The zero-order valence-electron chi connectivity index (χ0n) is 33.8. The van der Waals surface area contributed by atoms with Crippen molar-refractivity contribution in [3.8, 4) is 0 Å². The van der Waals surface area contributed by atoms with Gasteiger partial charge in [-0.1, -0.05) is 194 Å². The molecule has 1 rings (SSSR count). The smallest absolute Gasteiger partial charge is 0.220 e. The fourth-order valence-corrected chi connectivity index (χ4v) is 7.34. The second kappa shape index (κ2) is 34.7. The standard InChI is InChI=1S/C43H85NO8/c1-3-5-7-9-10-11-12-13-14-15-16-17-18-19-20-21-22-23-24-25-26-27-29-30-32-37(46)36(44-39(47)33-31-28-8-6-4-2)35-51-43-42(50)41(49)40(48)38(34-45)52-43/h36-38,40-43,45-46,48-50H,3-35H2,1-2H3,(H,44,47). The highest BCUT2D eigenvalue weighted by Crippen LogP contribution is 2.23. The number of unbranched alkanes of at least 4 members (excludes halogenated alkanes) is 27. The van der Waals surface area contributed by atoms with Gasteiger partial charge in [-0.3, -0.25) is 4.79 Å². The summed E-state index contributed by atoms with van der Waals surface area (Å²) in [6.45, 7) is 3.75. The first kappa shape index (κ1) is 49.2. The van der Waals surface area contributed by atoms with E-state index in [4.69, 9.17) is 9.47 Å². The third-order valence-electron chi connectivity index (χ3n) is 11.0. The molecule has 1 saturated heterocycles. The Balaban J connectivity index is 2.14. The Labute approximate surface area is 319 Å². The molecular formula is C43H85NO8. The molecule has 0 aromatic rings. The van der Waals surface area contributed by atoms with Crippen molar-refractivity contribution in [2.24, 2.45) is 0 Å². The lowest BCUT2D eigenvalue weighted by molar-refractivity contribution is -0.302. The van der Waals surface area contributed by atoms with Gasteiger partial charge in [0.05, 0.1) is 25.4 Å². The first-order valence-electron chi connectivity index (χ1n) is 22.2. The van der Waals surface area contributed by atoms with Crippen molar-refractivity contribution in [2.75, 3.05) is 13.2 Å². The molecule has 6 N–H and O–H groups in total. The molecule has 1 fully saturated rings. The number of hydrogen-bond donors (Lipinski definition) is 6. The van der Waals surface area contributed by atoms with E-state index in [-0.39, 0.29) is 12.5 Å². The molecule has 1 amide bonds. The number of carbonyl (C=O) groups excluding carboxylic acids is 1. The minimum absolute atomic E-state index is 0.134. The molecule has 7 atom stereocenters. The Hall–Kier alpha value is -0.810. The maximum Gasteiger partial charge on any atom is 0.220 e. The van der Waals surface area contributed by atoms with Crippen LogP contribution in [-0.4, -0.2) is 87.5 Å². The number of rotatable bonds is 37. The fourth-order valence-electron chi connectivity index (χ4n) is 7.34. The van der Waals surface area contributed by atoms with E-state index >= 15 is 0 Å². The van der Waals surface area contributed by atoms with Crippen LogP contribution in [0.2, 0.25) is 0 Å². The van der Waals surface area contributed by atoms with Crippen molar-refractivity contribution >= 4 is 5.91 Å². The second-order valence-corrected chi connectivity index (χ2v) is 15.9. The quantitative estimate of drug-likeness (QED) is 0.0346. The van der Waals surface area contributed by atoms with Crippen molar-refractivity contribution in [3.63, 3.8) is 0 Å². The van der Waals surface area contributed by atoms with Crippen molar-refractivity contribution in [1.82, 2.24) is 5.32 Å². The van der Waals surface area contributed by atoms with E-state index in [1.54, 1.807) is 0 Å². The summed E-state index contributed by atoms with van der Waals surface area (Å²) in [4.78, 5) is 12.7. The first-order valence-corrected chi connectivity index (χ1v) is 22.2. The topological polar surface area (TPSA) is 149 Å². The zero-order chi connectivity index (χ0) is 38.1. The molecular weight excluding hydrogens is 658 g/mol. The van der Waals surface area contributed by atoms with E-state index in [0.717, 1.165) is 51.4 Å². The van der Waals surface area contributed by atoms with Gasteiger partial charge in [0.25, 0.3) is 0 Å². The largest absolute Gasteiger partial charge is 0.394 e. The summed E-state index contributed by atoms with van der Waals surface area (Å²) in [5.41, 5.74) is 0. The maximum absolute atomic E-state index is 12.7. The third kappa shape index (κ3) is 25.3. The van der Waals surface area contributed by atoms with Gasteiger partial charge in [0.1, 0.15) is 24.4 Å². The van der Waals surface area contributed by atoms with Crippen LogP contribution in [0.1, 0.15) is 213 Å². The number of aliphatic hydroxyl groups is 5. The van der Waals surface area contributed by atoms with Crippen LogP contribution in [0.25, 0.3) is 0 Å². The summed E-state index contributed by atoms with van der Waals surface area (Å²) in [6.07, 6.45) is 30.3. The molecule has 1 heterocycles. The average molecular weight is 744 g/mol. The van der Waals surface area contributed by atoms with Gasteiger partial charge in [0, 0.05) is 6.42 Å².